The molecule has 110 valence electrons. The lowest BCUT2D eigenvalue weighted by Crippen LogP contribution is -2.16. The zero-order valence-electron chi connectivity index (χ0n) is 12.4. The van der Waals surface area contributed by atoms with Crippen molar-refractivity contribution in [3.05, 3.63) is 47.7 Å². The molecule has 0 aliphatic rings. The minimum atomic E-state index is -0.188. The number of rotatable bonds is 5. The quantitative estimate of drug-likeness (QED) is 0.886. The number of ether oxygens (including phenoxy) is 1. The fraction of sp³-hybridized carbons (Fsp3) is 0.250. The van der Waals surface area contributed by atoms with Crippen molar-refractivity contribution < 1.29 is 9.53 Å². The highest BCUT2D eigenvalue weighted by molar-refractivity contribution is 6.07. The first-order valence-corrected chi connectivity index (χ1v) is 6.80. The number of nitrogens with one attached hydrogen (secondary N) is 2. The van der Waals surface area contributed by atoms with Crippen LogP contribution in [0.4, 0.5) is 11.5 Å². The molecule has 2 aromatic rings. The van der Waals surface area contributed by atoms with Crippen LogP contribution in [0.1, 0.15) is 22.8 Å². The minimum Gasteiger partial charge on any atom is -0.497 e. The number of aryl methyl sites for hydroxylation is 1. The second-order valence-electron chi connectivity index (χ2n) is 4.56. The van der Waals surface area contributed by atoms with E-state index in [4.69, 9.17) is 4.74 Å². The number of pyridine rings is 1. The molecule has 0 bridgehead atoms. The van der Waals surface area contributed by atoms with Crippen LogP contribution in [0.3, 0.4) is 0 Å². The number of carbonyl (C=O) groups is 1. The second-order valence-corrected chi connectivity index (χ2v) is 4.56. The Morgan fingerprint density at radius 2 is 2.14 bits per heavy atom. The Morgan fingerprint density at radius 1 is 1.33 bits per heavy atom. The van der Waals surface area contributed by atoms with Crippen LogP contribution in [0.2, 0.25) is 0 Å². The Morgan fingerprint density at radius 3 is 2.81 bits per heavy atom. The lowest BCUT2D eigenvalue weighted by molar-refractivity contribution is 0.102. The summed E-state index contributed by atoms with van der Waals surface area (Å²) in [4.78, 5) is 16.6. The maximum atomic E-state index is 12.4. The van der Waals surface area contributed by atoms with Crippen LogP contribution in [0.15, 0.2) is 36.5 Å². The van der Waals surface area contributed by atoms with Crippen molar-refractivity contribution in [2.24, 2.45) is 0 Å². The monoisotopic (exact) mass is 285 g/mol. The Kier molecular flexibility index (Phi) is 4.77. The molecular weight excluding hydrogens is 266 g/mol. The van der Waals surface area contributed by atoms with Crippen LogP contribution < -0.4 is 15.4 Å². The molecule has 0 spiro atoms. The van der Waals surface area contributed by atoms with E-state index < -0.39 is 0 Å². The fourth-order valence-corrected chi connectivity index (χ4v) is 1.99. The zero-order valence-corrected chi connectivity index (χ0v) is 12.4. The predicted octanol–water partition coefficient (Wildman–Crippen LogP) is 3.08. The molecular formula is C16H19N3O2. The van der Waals surface area contributed by atoms with Gasteiger partial charge in [-0.25, -0.2) is 4.98 Å². The Labute approximate surface area is 124 Å². The number of hydrogen-bond acceptors (Lipinski definition) is 4. The van der Waals surface area contributed by atoms with E-state index >= 15 is 0 Å². The van der Waals surface area contributed by atoms with Crippen molar-refractivity contribution in [3.63, 3.8) is 0 Å². The molecule has 0 fully saturated rings. The summed E-state index contributed by atoms with van der Waals surface area (Å²) >= 11 is 0. The Hall–Kier alpha value is -2.56. The van der Waals surface area contributed by atoms with E-state index in [1.54, 1.807) is 25.4 Å². The number of anilines is 2. The van der Waals surface area contributed by atoms with Crippen LogP contribution >= 0.6 is 0 Å². The third-order valence-electron chi connectivity index (χ3n) is 3.08. The maximum absolute atomic E-state index is 12.4. The summed E-state index contributed by atoms with van der Waals surface area (Å²) in [7, 11) is 1.62. The van der Waals surface area contributed by atoms with Crippen molar-refractivity contribution in [2.45, 2.75) is 13.8 Å². The summed E-state index contributed by atoms with van der Waals surface area (Å²) < 4.78 is 5.16. The normalized spacial score (nSPS) is 10.0. The summed E-state index contributed by atoms with van der Waals surface area (Å²) in [5.74, 6) is 1.16. The maximum Gasteiger partial charge on any atom is 0.259 e. The molecule has 0 aliphatic carbocycles. The summed E-state index contributed by atoms with van der Waals surface area (Å²) in [6.07, 6.45) is 1.66. The molecule has 0 unspecified atom stereocenters. The number of amides is 1. The van der Waals surface area contributed by atoms with Crippen molar-refractivity contribution in [3.8, 4) is 5.75 Å². The van der Waals surface area contributed by atoms with E-state index in [2.05, 4.69) is 15.6 Å². The molecule has 21 heavy (non-hydrogen) atoms. The summed E-state index contributed by atoms with van der Waals surface area (Å²) in [6, 6.07) is 9.02. The molecule has 1 aromatic carbocycles. The highest BCUT2D eigenvalue weighted by Crippen LogP contribution is 2.22. The lowest BCUT2D eigenvalue weighted by atomic mass is 10.1. The number of hydrogen-bond donors (Lipinski definition) is 2. The summed E-state index contributed by atoms with van der Waals surface area (Å²) in [5.41, 5.74) is 2.22. The lowest BCUT2D eigenvalue weighted by Gasteiger charge is -2.12. The molecule has 0 radical (unpaired) electrons. The van der Waals surface area contributed by atoms with Gasteiger partial charge in [-0.1, -0.05) is 0 Å². The van der Waals surface area contributed by atoms with Crippen LogP contribution in [0, 0.1) is 6.92 Å². The molecule has 0 saturated carbocycles. The van der Waals surface area contributed by atoms with Gasteiger partial charge in [0.15, 0.2) is 0 Å². The van der Waals surface area contributed by atoms with Crippen LogP contribution in [-0.2, 0) is 0 Å². The molecule has 5 heteroatoms. The van der Waals surface area contributed by atoms with Crippen LogP contribution in [0.5, 0.6) is 5.75 Å². The first-order valence-electron chi connectivity index (χ1n) is 6.80. The minimum absolute atomic E-state index is 0.188. The van der Waals surface area contributed by atoms with Gasteiger partial charge >= 0.3 is 0 Å². The molecule has 1 aromatic heterocycles. The van der Waals surface area contributed by atoms with Gasteiger partial charge < -0.3 is 15.4 Å². The number of aromatic nitrogens is 1. The topological polar surface area (TPSA) is 63.2 Å². The molecule has 2 rings (SSSR count). The van der Waals surface area contributed by atoms with Gasteiger partial charge in [0, 0.05) is 18.4 Å². The van der Waals surface area contributed by atoms with Gasteiger partial charge in [0.1, 0.15) is 11.6 Å². The van der Waals surface area contributed by atoms with Crippen LogP contribution in [-0.4, -0.2) is 24.5 Å². The number of methoxy groups -OCH3 is 1. The summed E-state index contributed by atoms with van der Waals surface area (Å²) in [5, 5.41) is 5.99. The van der Waals surface area contributed by atoms with Crippen molar-refractivity contribution >= 4 is 17.4 Å². The zero-order chi connectivity index (χ0) is 15.2. The van der Waals surface area contributed by atoms with E-state index in [1.165, 1.54) is 0 Å². The first kappa shape index (κ1) is 14.8. The van der Waals surface area contributed by atoms with Gasteiger partial charge in [-0.3, -0.25) is 4.79 Å². The number of benzene rings is 1. The number of carbonyl (C=O) groups excluding carboxylic acids is 1. The first-order chi connectivity index (χ1) is 10.2. The van der Waals surface area contributed by atoms with E-state index in [9.17, 15) is 4.79 Å². The van der Waals surface area contributed by atoms with Gasteiger partial charge in [-0.2, -0.15) is 0 Å². The third kappa shape index (κ3) is 3.51. The number of nitrogens with zero attached hydrogens (tertiary/aromatic N) is 1. The molecule has 1 heterocycles. The van der Waals surface area contributed by atoms with Gasteiger partial charge in [0.05, 0.1) is 12.7 Å². The van der Waals surface area contributed by atoms with E-state index in [-0.39, 0.29) is 5.91 Å². The SMILES string of the molecule is CCNc1ncccc1C(=O)Nc1ccc(OC)cc1C. The molecule has 0 saturated heterocycles. The standard InChI is InChI=1S/C16H19N3O2/c1-4-17-15-13(6-5-9-18-15)16(20)19-14-8-7-12(21-3)10-11(14)2/h5-10H,4H2,1-3H3,(H,17,18)(H,19,20). The predicted molar refractivity (Wildman–Crippen MR) is 84.1 cm³/mol. The van der Waals surface area contributed by atoms with Crippen molar-refractivity contribution in [2.75, 3.05) is 24.3 Å². The van der Waals surface area contributed by atoms with Gasteiger partial charge in [-0.05, 0) is 49.7 Å². The Bertz CT molecular complexity index is 641. The van der Waals surface area contributed by atoms with Gasteiger partial charge in [0.25, 0.3) is 5.91 Å². The molecule has 5 nitrogen and oxygen atoms in total. The summed E-state index contributed by atoms with van der Waals surface area (Å²) in [6.45, 7) is 4.59. The van der Waals surface area contributed by atoms with E-state index in [1.807, 2.05) is 32.0 Å². The van der Waals surface area contributed by atoms with Crippen LogP contribution in [0.25, 0.3) is 0 Å². The van der Waals surface area contributed by atoms with Crippen molar-refractivity contribution in [1.82, 2.24) is 4.98 Å². The highest BCUT2D eigenvalue weighted by atomic mass is 16.5. The van der Waals surface area contributed by atoms with E-state index in [0.717, 1.165) is 17.0 Å². The third-order valence-corrected chi connectivity index (χ3v) is 3.08. The van der Waals surface area contributed by atoms with Crippen molar-refractivity contribution in [1.29, 1.82) is 0 Å². The smallest absolute Gasteiger partial charge is 0.259 e. The highest BCUT2D eigenvalue weighted by Gasteiger charge is 2.13. The van der Waals surface area contributed by atoms with E-state index in [0.29, 0.717) is 17.9 Å². The average molecular weight is 285 g/mol. The molecule has 2 N–H and O–H groups in total. The fourth-order valence-electron chi connectivity index (χ4n) is 1.99. The van der Waals surface area contributed by atoms with Gasteiger partial charge in [0.2, 0.25) is 0 Å². The average Bonchev–Trinajstić information content (AvgIpc) is 2.50. The second kappa shape index (κ2) is 6.74. The molecule has 0 aliphatic heterocycles. The molecule has 1 amide bonds. The molecule has 0 atom stereocenters. The largest absolute Gasteiger partial charge is 0.497 e. The van der Waals surface area contributed by atoms with Gasteiger partial charge in [-0.15, -0.1) is 0 Å². The Balaban J connectivity index is 2.22.